The molecule has 1 aliphatic heterocycles. The van der Waals surface area contributed by atoms with Crippen molar-refractivity contribution in [2.75, 3.05) is 31.2 Å². The van der Waals surface area contributed by atoms with Crippen molar-refractivity contribution >= 4 is 11.5 Å². The van der Waals surface area contributed by atoms with Crippen LogP contribution in [0, 0.1) is 5.82 Å². The molecule has 1 saturated heterocycles. The van der Waals surface area contributed by atoms with Gasteiger partial charge in [0.15, 0.2) is 0 Å². The number of halogens is 1. The highest BCUT2D eigenvalue weighted by molar-refractivity contribution is 5.46. The Kier molecular flexibility index (Phi) is 5.10. The van der Waals surface area contributed by atoms with Gasteiger partial charge in [-0.3, -0.25) is 4.90 Å². The number of piperidine rings is 1. The van der Waals surface area contributed by atoms with Gasteiger partial charge in [0.25, 0.3) is 0 Å². The van der Waals surface area contributed by atoms with Crippen molar-refractivity contribution in [3.63, 3.8) is 0 Å². The second-order valence-corrected chi connectivity index (χ2v) is 5.92. The predicted molar refractivity (Wildman–Crippen MR) is 91.3 cm³/mol. The third-order valence-electron chi connectivity index (χ3n) is 4.34. The highest BCUT2D eigenvalue weighted by atomic mass is 19.1. The molecule has 1 aliphatic rings. The van der Waals surface area contributed by atoms with Gasteiger partial charge in [-0.1, -0.05) is 12.1 Å². The summed E-state index contributed by atoms with van der Waals surface area (Å²) in [6.45, 7) is 2.44. The molecule has 7 heteroatoms. The second kappa shape index (κ2) is 7.44. The van der Waals surface area contributed by atoms with Crippen LogP contribution in [0.5, 0.6) is 5.88 Å². The number of methoxy groups -OCH3 is 1. The number of nitrogens with two attached hydrogens (primary N) is 1. The average molecular weight is 331 g/mol. The SMILES string of the molecule is COc1ncnc(N)c1CN1CCC(Nc2ccccc2F)CC1. The van der Waals surface area contributed by atoms with Crippen molar-refractivity contribution in [2.24, 2.45) is 0 Å². The minimum atomic E-state index is -0.209. The molecule has 0 radical (unpaired) electrons. The standard InChI is InChI=1S/C17H22FN5O/c1-24-17-13(16(19)20-11-21-17)10-23-8-6-12(7-9-23)22-15-5-3-2-4-14(15)18/h2-5,11-12,22H,6-10H2,1H3,(H2,19,20,21). The van der Waals surface area contributed by atoms with E-state index in [4.69, 9.17) is 10.5 Å². The molecule has 3 rings (SSSR count). The number of hydrogen-bond acceptors (Lipinski definition) is 6. The maximum atomic E-state index is 13.7. The van der Waals surface area contributed by atoms with Crippen LogP contribution in [-0.4, -0.2) is 41.1 Å². The fourth-order valence-electron chi connectivity index (χ4n) is 2.99. The zero-order chi connectivity index (χ0) is 16.9. The number of benzene rings is 1. The molecule has 6 nitrogen and oxygen atoms in total. The summed E-state index contributed by atoms with van der Waals surface area (Å²) >= 11 is 0. The fourth-order valence-corrected chi connectivity index (χ4v) is 2.99. The Morgan fingerprint density at radius 2 is 2.04 bits per heavy atom. The van der Waals surface area contributed by atoms with E-state index in [1.54, 1.807) is 19.2 Å². The molecule has 128 valence electrons. The number of nitrogens with zero attached hydrogens (tertiary/aromatic N) is 3. The van der Waals surface area contributed by atoms with Crippen LogP contribution in [0.1, 0.15) is 18.4 Å². The van der Waals surface area contributed by atoms with Crippen molar-refractivity contribution in [1.82, 2.24) is 14.9 Å². The van der Waals surface area contributed by atoms with E-state index in [2.05, 4.69) is 20.2 Å². The topological polar surface area (TPSA) is 76.3 Å². The van der Waals surface area contributed by atoms with Crippen LogP contribution in [-0.2, 0) is 6.54 Å². The van der Waals surface area contributed by atoms with Crippen LogP contribution in [0.3, 0.4) is 0 Å². The van der Waals surface area contributed by atoms with Gasteiger partial charge < -0.3 is 15.8 Å². The Bertz CT molecular complexity index is 688. The lowest BCUT2D eigenvalue weighted by Crippen LogP contribution is -2.39. The Balaban J connectivity index is 1.57. The molecule has 0 amide bonds. The van der Waals surface area contributed by atoms with Crippen LogP contribution >= 0.6 is 0 Å². The van der Waals surface area contributed by atoms with Crippen molar-refractivity contribution < 1.29 is 9.13 Å². The molecule has 2 aromatic rings. The zero-order valence-electron chi connectivity index (χ0n) is 13.7. The number of nitrogens with one attached hydrogen (secondary N) is 1. The van der Waals surface area contributed by atoms with Crippen molar-refractivity contribution in [3.05, 3.63) is 42.0 Å². The van der Waals surface area contributed by atoms with E-state index in [9.17, 15) is 4.39 Å². The number of hydrogen-bond donors (Lipinski definition) is 2. The Labute approximate surface area is 140 Å². The number of ether oxygens (including phenoxy) is 1. The lowest BCUT2D eigenvalue weighted by molar-refractivity contribution is 0.208. The number of para-hydroxylation sites is 1. The molecular weight excluding hydrogens is 309 g/mol. The smallest absolute Gasteiger partial charge is 0.222 e. The Morgan fingerprint density at radius 1 is 1.29 bits per heavy atom. The molecule has 1 fully saturated rings. The van der Waals surface area contributed by atoms with E-state index in [0.717, 1.165) is 31.5 Å². The maximum absolute atomic E-state index is 13.7. The summed E-state index contributed by atoms with van der Waals surface area (Å²) in [4.78, 5) is 10.4. The van der Waals surface area contributed by atoms with Gasteiger partial charge in [0.05, 0.1) is 18.4 Å². The normalized spacial score (nSPS) is 16.1. The summed E-state index contributed by atoms with van der Waals surface area (Å²) in [6, 6.07) is 7.05. The van der Waals surface area contributed by atoms with Crippen LogP contribution in [0.4, 0.5) is 15.9 Å². The number of likely N-dealkylation sites (tertiary alicyclic amines) is 1. The van der Waals surface area contributed by atoms with E-state index in [1.165, 1.54) is 12.4 Å². The highest BCUT2D eigenvalue weighted by Crippen LogP contribution is 2.24. The van der Waals surface area contributed by atoms with Gasteiger partial charge in [0.1, 0.15) is 18.0 Å². The first kappa shape index (κ1) is 16.4. The Hall–Kier alpha value is -2.41. The first-order valence-corrected chi connectivity index (χ1v) is 8.04. The lowest BCUT2D eigenvalue weighted by Gasteiger charge is -2.33. The molecule has 24 heavy (non-hydrogen) atoms. The number of aromatic nitrogens is 2. The molecule has 0 bridgehead atoms. The molecule has 0 spiro atoms. The van der Waals surface area contributed by atoms with Gasteiger partial charge in [-0.25, -0.2) is 14.4 Å². The summed E-state index contributed by atoms with van der Waals surface area (Å²) in [6.07, 6.45) is 3.27. The molecular formula is C17H22FN5O. The van der Waals surface area contributed by atoms with Gasteiger partial charge in [-0.05, 0) is 25.0 Å². The number of nitrogen functional groups attached to an aromatic ring is 1. The van der Waals surface area contributed by atoms with Crippen LogP contribution in [0.25, 0.3) is 0 Å². The summed E-state index contributed by atoms with van der Waals surface area (Å²) in [5.74, 6) is 0.765. The molecule has 3 N–H and O–H groups in total. The predicted octanol–water partition coefficient (Wildman–Crippen LogP) is 2.28. The van der Waals surface area contributed by atoms with E-state index in [0.29, 0.717) is 23.9 Å². The monoisotopic (exact) mass is 331 g/mol. The second-order valence-electron chi connectivity index (χ2n) is 5.92. The summed E-state index contributed by atoms with van der Waals surface area (Å²) < 4.78 is 19.0. The number of rotatable bonds is 5. The largest absolute Gasteiger partial charge is 0.481 e. The number of anilines is 2. The van der Waals surface area contributed by atoms with Crippen molar-refractivity contribution in [1.29, 1.82) is 0 Å². The highest BCUT2D eigenvalue weighted by Gasteiger charge is 2.22. The molecule has 2 heterocycles. The van der Waals surface area contributed by atoms with E-state index in [-0.39, 0.29) is 11.9 Å². The molecule has 0 saturated carbocycles. The van der Waals surface area contributed by atoms with Gasteiger partial charge in [0, 0.05) is 25.7 Å². The van der Waals surface area contributed by atoms with Gasteiger partial charge >= 0.3 is 0 Å². The van der Waals surface area contributed by atoms with Crippen LogP contribution in [0.2, 0.25) is 0 Å². The zero-order valence-corrected chi connectivity index (χ0v) is 13.7. The first-order chi connectivity index (χ1) is 11.7. The van der Waals surface area contributed by atoms with Crippen LogP contribution in [0.15, 0.2) is 30.6 Å². The summed E-state index contributed by atoms with van der Waals surface area (Å²) in [7, 11) is 1.58. The van der Waals surface area contributed by atoms with E-state index >= 15 is 0 Å². The minimum absolute atomic E-state index is 0.209. The third kappa shape index (κ3) is 3.73. The molecule has 0 atom stereocenters. The fraction of sp³-hybridized carbons (Fsp3) is 0.412. The third-order valence-corrected chi connectivity index (χ3v) is 4.34. The van der Waals surface area contributed by atoms with Gasteiger partial charge in [0.2, 0.25) is 5.88 Å². The van der Waals surface area contributed by atoms with Gasteiger partial charge in [-0.15, -0.1) is 0 Å². The molecule has 0 unspecified atom stereocenters. The molecule has 1 aromatic carbocycles. The first-order valence-electron chi connectivity index (χ1n) is 8.04. The van der Waals surface area contributed by atoms with Crippen molar-refractivity contribution in [3.8, 4) is 5.88 Å². The van der Waals surface area contributed by atoms with E-state index < -0.39 is 0 Å². The van der Waals surface area contributed by atoms with Gasteiger partial charge in [-0.2, -0.15) is 0 Å². The lowest BCUT2D eigenvalue weighted by atomic mass is 10.0. The van der Waals surface area contributed by atoms with E-state index in [1.807, 2.05) is 6.07 Å². The summed E-state index contributed by atoms with van der Waals surface area (Å²) in [5, 5.41) is 3.29. The Morgan fingerprint density at radius 3 is 2.75 bits per heavy atom. The average Bonchev–Trinajstić information content (AvgIpc) is 2.60. The minimum Gasteiger partial charge on any atom is -0.481 e. The van der Waals surface area contributed by atoms with Crippen molar-refractivity contribution in [2.45, 2.75) is 25.4 Å². The molecule has 1 aromatic heterocycles. The summed E-state index contributed by atoms with van der Waals surface area (Å²) in [5.41, 5.74) is 7.34. The van der Waals surface area contributed by atoms with Crippen LogP contribution < -0.4 is 15.8 Å². The maximum Gasteiger partial charge on any atom is 0.222 e. The molecule has 0 aliphatic carbocycles. The quantitative estimate of drug-likeness (QED) is 0.875.